The molecular weight excluding hydrogens is 254 g/mol. The van der Waals surface area contributed by atoms with E-state index in [0.717, 1.165) is 11.0 Å². The molecule has 0 spiro atoms. The van der Waals surface area contributed by atoms with Crippen molar-refractivity contribution in [2.45, 2.75) is 6.92 Å². The Morgan fingerprint density at radius 3 is 2.90 bits per heavy atom. The quantitative estimate of drug-likeness (QED) is 0.625. The van der Waals surface area contributed by atoms with Crippen LogP contribution in [0.2, 0.25) is 0 Å². The number of aromatic amines is 1. The molecule has 1 heterocycles. The van der Waals surface area contributed by atoms with Gasteiger partial charge in [0.25, 0.3) is 5.91 Å². The van der Waals surface area contributed by atoms with Crippen molar-refractivity contribution in [3.8, 4) is 5.75 Å². The van der Waals surface area contributed by atoms with Gasteiger partial charge in [-0.3, -0.25) is 4.79 Å². The second-order valence-electron chi connectivity index (χ2n) is 4.59. The number of anilines is 1. The van der Waals surface area contributed by atoms with E-state index in [1.54, 1.807) is 49.6 Å². The van der Waals surface area contributed by atoms with E-state index >= 15 is 0 Å². The molecule has 1 amide bonds. The molecule has 5 heteroatoms. The fraction of sp³-hybridized carbons (Fsp3) is 0.0667. The number of imidazole rings is 1. The van der Waals surface area contributed by atoms with Crippen molar-refractivity contribution in [2.24, 2.45) is 0 Å². The summed E-state index contributed by atoms with van der Waals surface area (Å²) < 4.78 is 0. The molecule has 0 atom stereocenters. The third-order valence-corrected chi connectivity index (χ3v) is 3.14. The van der Waals surface area contributed by atoms with Crippen LogP contribution in [0.1, 0.15) is 15.9 Å². The van der Waals surface area contributed by atoms with Crippen molar-refractivity contribution in [3.63, 3.8) is 0 Å². The lowest BCUT2D eigenvalue weighted by molar-refractivity contribution is 0.102. The normalized spacial score (nSPS) is 10.7. The van der Waals surface area contributed by atoms with E-state index in [2.05, 4.69) is 15.3 Å². The lowest BCUT2D eigenvalue weighted by Gasteiger charge is -2.07. The number of aromatic nitrogens is 2. The van der Waals surface area contributed by atoms with Crippen LogP contribution in [0.25, 0.3) is 11.0 Å². The van der Waals surface area contributed by atoms with E-state index in [9.17, 15) is 9.90 Å². The number of H-pyrrole nitrogens is 1. The molecule has 5 nitrogen and oxygen atoms in total. The minimum atomic E-state index is -0.202. The van der Waals surface area contributed by atoms with Gasteiger partial charge in [0.15, 0.2) is 0 Å². The molecule has 0 saturated heterocycles. The number of aromatic hydroxyl groups is 1. The van der Waals surface area contributed by atoms with Crippen molar-refractivity contribution < 1.29 is 9.90 Å². The van der Waals surface area contributed by atoms with Gasteiger partial charge < -0.3 is 15.4 Å². The van der Waals surface area contributed by atoms with Gasteiger partial charge >= 0.3 is 0 Å². The zero-order valence-corrected chi connectivity index (χ0v) is 10.8. The van der Waals surface area contributed by atoms with Gasteiger partial charge in [-0.1, -0.05) is 0 Å². The Labute approximate surface area is 115 Å². The van der Waals surface area contributed by atoms with Crippen LogP contribution in [0.15, 0.2) is 42.7 Å². The van der Waals surface area contributed by atoms with Gasteiger partial charge in [-0.05, 0) is 48.9 Å². The molecule has 3 aromatic rings. The van der Waals surface area contributed by atoms with E-state index < -0.39 is 0 Å². The van der Waals surface area contributed by atoms with Gasteiger partial charge in [-0.2, -0.15) is 0 Å². The summed E-state index contributed by atoms with van der Waals surface area (Å²) >= 11 is 0. The number of nitrogens with one attached hydrogen (secondary N) is 2. The number of aryl methyl sites for hydroxylation is 1. The standard InChI is InChI=1S/C15H13N3O2/c1-9-6-11(3-5-14(9)19)18-15(20)10-2-4-12-13(7-10)17-8-16-12/h2-8,19H,1H3,(H,16,17)(H,18,20). The number of phenols is 1. The molecule has 0 aliphatic carbocycles. The molecule has 100 valence electrons. The first-order valence-electron chi connectivity index (χ1n) is 6.17. The predicted octanol–water partition coefficient (Wildman–Crippen LogP) is 2.83. The number of amides is 1. The SMILES string of the molecule is Cc1cc(NC(=O)c2ccc3nc[nH]c3c2)ccc1O. The van der Waals surface area contributed by atoms with E-state index in [0.29, 0.717) is 16.8 Å². The molecule has 3 N–H and O–H groups in total. The minimum Gasteiger partial charge on any atom is -0.508 e. The predicted molar refractivity (Wildman–Crippen MR) is 76.9 cm³/mol. The second-order valence-corrected chi connectivity index (χ2v) is 4.59. The second kappa shape index (κ2) is 4.70. The van der Waals surface area contributed by atoms with Crippen LogP contribution in [-0.4, -0.2) is 21.0 Å². The summed E-state index contributed by atoms with van der Waals surface area (Å²) in [5.41, 5.74) is 3.55. The number of hydrogen-bond donors (Lipinski definition) is 3. The number of fused-ring (bicyclic) bond motifs is 1. The third kappa shape index (κ3) is 2.21. The zero-order valence-electron chi connectivity index (χ0n) is 10.8. The van der Waals surface area contributed by atoms with Gasteiger partial charge in [-0.15, -0.1) is 0 Å². The molecule has 0 unspecified atom stereocenters. The average Bonchev–Trinajstić information content (AvgIpc) is 2.90. The number of phenolic OH excluding ortho intramolecular Hbond substituents is 1. The number of hydrogen-bond acceptors (Lipinski definition) is 3. The Kier molecular flexibility index (Phi) is 2.87. The van der Waals surface area contributed by atoms with Crippen molar-refractivity contribution in [3.05, 3.63) is 53.9 Å². The number of carbonyl (C=O) groups is 1. The molecule has 2 aromatic carbocycles. The smallest absolute Gasteiger partial charge is 0.255 e. The molecule has 20 heavy (non-hydrogen) atoms. The maximum Gasteiger partial charge on any atom is 0.255 e. The largest absolute Gasteiger partial charge is 0.508 e. The summed E-state index contributed by atoms with van der Waals surface area (Å²) in [5, 5.41) is 12.3. The van der Waals surface area contributed by atoms with Crippen molar-refractivity contribution in [1.29, 1.82) is 0 Å². The van der Waals surface area contributed by atoms with Gasteiger partial charge in [-0.25, -0.2) is 4.98 Å². The molecule has 0 aliphatic heterocycles. The maximum atomic E-state index is 12.2. The van der Waals surface area contributed by atoms with Crippen LogP contribution in [0.3, 0.4) is 0 Å². The van der Waals surface area contributed by atoms with Gasteiger partial charge in [0.05, 0.1) is 17.4 Å². The van der Waals surface area contributed by atoms with Crippen LogP contribution in [0.4, 0.5) is 5.69 Å². The highest BCUT2D eigenvalue weighted by molar-refractivity contribution is 6.05. The Bertz CT molecular complexity index is 793. The third-order valence-electron chi connectivity index (χ3n) is 3.14. The number of nitrogens with zero attached hydrogens (tertiary/aromatic N) is 1. The Hall–Kier alpha value is -2.82. The van der Waals surface area contributed by atoms with Crippen molar-refractivity contribution in [2.75, 3.05) is 5.32 Å². The molecular formula is C15H13N3O2. The topological polar surface area (TPSA) is 78.0 Å². The summed E-state index contributed by atoms with van der Waals surface area (Å²) in [4.78, 5) is 19.2. The Morgan fingerprint density at radius 2 is 2.10 bits per heavy atom. The van der Waals surface area contributed by atoms with Gasteiger partial charge in [0.1, 0.15) is 5.75 Å². The first-order valence-corrected chi connectivity index (χ1v) is 6.17. The van der Waals surface area contributed by atoms with Crippen LogP contribution in [0.5, 0.6) is 5.75 Å². The minimum absolute atomic E-state index is 0.202. The highest BCUT2D eigenvalue weighted by atomic mass is 16.3. The number of rotatable bonds is 2. The van der Waals surface area contributed by atoms with Crippen LogP contribution in [-0.2, 0) is 0 Å². The van der Waals surface area contributed by atoms with Crippen LogP contribution < -0.4 is 5.32 Å². The summed E-state index contributed by atoms with van der Waals surface area (Å²) in [7, 11) is 0. The lowest BCUT2D eigenvalue weighted by Crippen LogP contribution is -2.11. The molecule has 3 rings (SSSR count). The van der Waals surface area contributed by atoms with E-state index in [1.807, 2.05) is 0 Å². The first-order chi connectivity index (χ1) is 9.63. The Morgan fingerprint density at radius 1 is 1.25 bits per heavy atom. The van der Waals surface area contributed by atoms with E-state index in [4.69, 9.17) is 0 Å². The van der Waals surface area contributed by atoms with Crippen LogP contribution in [0, 0.1) is 6.92 Å². The maximum absolute atomic E-state index is 12.2. The summed E-state index contributed by atoms with van der Waals surface area (Å²) in [6.07, 6.45) is 1.59. The molecule has 0 bridgehead atoms. The number of carbonyl (C=O) groups excluding carboxylic acids is 1. The molecule has 0 aliphatic rings. The fourth-order valence-corrected chi connectivity index (χ4v) is 2.01. The Balaban J connectivity index is 1.86. The summed E-state index contributed by atoms with van der Waals surface area (Å²) in [6.45, 7) is 1.78. The summed E-state index contributed by atoms with van der Waals surface area (Å²) in [5.74, 6) is 0.00784. The lowest BCUT2D eigenvalue weighted by atomic mass is 10.1. The monoisotopic (exact) mass is 267 g/mol. The van der Waals surface area contributed by atoms with E-state index in [1.165, 1.54) is 0 Å². The highest BCUT2D eigenvalue weighted by Crippen LogP contribution is 2.21. The van der Waals surface area contributed by atoms with Crippen molar-refractivity contribution >= 4 is 22.6 Å². The molecule has 0 radical (unpaired) electrons. The average molecular weight is 267 g/mol. The van der Waals surface area contributed by atoms with Gasteiger partial charge in [0.2, 0.25) is 0 Å². The zero-order chi connectivity index (χ0) is 14.1. The molecule has 1 aromatic heterocycles. The molecule has 0 fully saturated rings. The highest BCUT2D eigenvalue weighted by Gasteiger charge is 2.08. The first kappa shape index (κ1) is 12.2. The van der Waals surface area contributed by atoms with Crippen LogP contribution >= 0.6 is 0 Å². The van der Waals surface area contributed by atoms with Gasteiger partial charge in [0, 0.05) is 11.3 Å². The fourth-order valence-electron chi connectivity index (χ4n) is 2.01. The van der Waals surface area contributed by atoms with Crippen molar-refractivity contribution in [1.82, 2.24) is 9.97 Å². The summed E-state index contributed by atoms with van der Waals surface area (Å²) in [6, 6.07) is 10.2. The molecule has 0 saturated carbocycles. The van der Waals surface area contributed by atoms with E-state index in [-0.39, 0.29) is 11.7 Å². The number of benzene rings is 2.